The summed E-state index contributed by atoms with van der Waals surface area (Å²) < 4.78 is 11.1. The minimum atomic E-state index is -0.0158. The van der Waals surface area contributed by atoms with Crippen LogP contribution in [0.1, 0.15) is 37.0 Å². The van der Waals surface area contributed by atoms with E-state index in [0.717, 1.165) is 16.3 Å². The van der Waals surface area contributed by atoms with Crippen molar-refractivity contribution in [1.29, 1.82) is 0 Å². The van der Waals surface area contributed by atoms with Crippen LogP contribution >= 0.6 is 11.3 Å². The third-order valence-electron chi connectivity index (χ3n) is 3.08. The molecule has 0 bridgehead atoms. The van der Waals surface area contributed by atoms with E-state index in [2.05, 4.69) is 31.1 Å². The standard InChI is InChI=1S/C16H21NO3S/c1-16(2,3)14-10-21-15(17-14)9-20-12-6-5-11(8-18)7-13(12)19-4/h5-7,10,18H,8-9H2,1-4H3. The molecule has 0 saturated heterocycles. The van der Waals surface area contributed by atoms with Crippen LogP contribution in [-0.4, -0.2) is 17.2 Å². The van der Waals surface area contributed by atoms with Gasteiger partial charge in [-0.2, -0.15) is 0 Å². The van der Waals surface area contributed by atoms with E-state index in [4.69, 9.17) is 14.6 Å². The highest BCUT2D eigenvalue weighted by molar-refractivity contribution is 7.09. The molecule has 0 spiro atoms. The summed E-state index contributed by atoms with van der Waals surface area (Å²) in [6.07, 6.45) is 0. The maximum Gasteiger partial charge on any atom is 0.161 e. The van der Waals surface area contributed by atoms with Crippen molar-refractivity contribution in [1.82, 2.24) is 4.98 Å². The lowest BCUT2D eigenvalue weighted by Crippen LogP contribution is -2.11. The predicted octanol–water partition coefficient (Wildman–Crippen LogP) is 3.52. The number of thiazole rings is 1. The van der Waals surface area contributed by atoms with E-state index in [1.54, 1.807) is 24.5 Å². The Morgan fingerprint density at radius 2 is 2.00 bits per heavy atom. The Bertz CT molecular complexity index is 602. The average Bonchev–Trinajstić information content (AvgIpc) is 2.94. The maximum absolute atomic E-state index is 9.13. The van der Waals surface area contributed by atoms with Crippen LogP contribution in [0.25, 0.3) is 0 Å². The molecule has 0 aliphatic heterocycles. The Labute approximate surface area is 129 Å². The van der Waals surface area contributed by atoms with Crippen molar-refractivity contribution >= 4 is 11.3 Å². The fourth-order valence-corrected chi connectivity index (χ4v) is 2.72. The van der Waals surface area contributed by atoms with Crippen molar-refractivity contribution in [2.45, 2.75) is 39.4 Å². The summed E-state index contributed by atoms with van der Waals surface area (Å²) in [5, 5.41) is 12.1. The zero-order valence-corrected chi connectivity index (χ0v) is 13.7. The summed E-state index contributed by atoms with van der Waals surface area (Å²) in [5.74, 6) is 1.27. The van der Waals surface area contributed by atoms with Gasteiger partial charge in [-0.1, -0.05) is 26.8 Å². The summed E-state index contributed by atoms with van der Waals surface area (Å²) >= 11 is 1.60. The minimum absolute atomic E-state index is 0.0158. The van der Waals surface area contributed by atoms with Gasteiger partial charge in [0.25, 0.3) is 0 Å². The Hall–Kier alpha value is -1.59. The van der Waals surface area contributed by atoms with Gasteiger partial charge in [0.2, 0.25) is 0 Å². The van der Waals surface area contributed by atoms with E-state index in [1.165, 1.54) is 0 Å². The van der Waals surface area contributed by atoms with Crippen molar-refractivity contribution in [3.05, 3.63) is 39.8 Å². The number of aliphatic hydroxyl groups excluding tert-OH is 1. The van der Waals surface area contributed by atoms with E-state index < -0.39 is 0 Å². The number of hydrogen-bond acceptors (Lipinski definition) is 5. The molecule has 1 N–H and O–H groups in total. The topological polar surface area (TPSA) is 51.6 Å². The number of ether oxygens (including phenoxy) is 2. The van der Waals surface area contributed by atoms with Crippen LogP contribution in [-0.2, 0) is 18.6 Å². The van der Waals surface area contributed by atoms with Gasteiger partial charge in [0.1, 0.15) is 11.6 Å². The van der Waals surface area contributed by atoms with Gasteiger partial charge in [0.15, 0.2) is 11.5 Å². The monoisotopic (exact) mass is 307 g/mol. The molecule has 0 saturated carbocycles. The molecule has 21 heavy (non-hydrogen) atoms. The van der Waals surface area contributed by atoms with Crippen LogP contribution in [0.5, 0.6) is 11.5 Å². The molecule has 0 radical (unpaired) electrons. The first-order valence-corrected chi connectivity index (χ1v) is 7.67. The predicted molar refractivity (Wildman–Crippen MR) is 84.1 cm³/mol. The lowest BCUT2D eigenvalue weighted by molar-refractivity contribution is 0.274. The summed E-state index contributed by atoms with van der Waals surface area (Å²) in [5.41, 5.74) is 1.92. The molecule has 0 atom stereocenters. The number of nitrogens with zero attached hydrogens (tertiary/aromatic N) is 1. The van der Waals surface area contributed by atoms with Gasteiger partial charge in [-0.3, -0.25) is 0 Å². The molecule has 0 fully saturated rings. The molecule has 2 aromatic rings. The number of aliphatic hydroxyl groups is 1. The summed E-state index contributed by atoms with van der Waals surface area (Å²) in [6.45, 7) is 6.82. The van der Waals surface area contributed by atoms with Gasteiger partial charge in [-0.15, -0.1) is 11.3 Å². The smallest absolute Gasteiger partial charge is 0.161 e. The zero-order chi connectivity index (χ0) is 15.5. The molecule has 1 aromatic carbocycles. The van der Waals surface area contributed by atoms with E-state index in [0.29, 0.717) is 18.1 Å². The molecule has 0 aliphatic rings. The second-order valence-corrected chi connectivity index (χ2v) is 6.75. The van der Waals surface area contributed by atoms with Gasteiger partial charge in [0, 0.05) is 10.8 Å². The Kier molecular flexibility index (Phi) is 4.85. The van der Waals surface area contributed by atoms with Crippen LogP contribution < -0.4 is 9.47 Å². The van der Waals surface area contributed by atoms with E-state index >= 15 is 0 Å². The number of benzene rings is 1. The Balaban J connectivity index is 2.08. The lowest BCUT2D eigenvalue weighted by Gasteiger charge is -2.14. The van der Waals surface area contributed by atoms with Crippen LogP contribution in [0, 0.1) is 0 Å². The molecule has 1 heterocycles. The quantitative estimate of drug-likeness (QED) is 0.918. The van der Waals surface area contributed by atoms with Crippen molar-refractivity contribution < 1.29 is 14.6 Å². The number of rotatable bonds is 5. The van der Waals surface area contributed by atoms with Crippen LogP contribution in [0.3, 0.4) is 0 Å². The van der Waals surface area contributed by atoms with Crippen LogP contribution in [0.4, 0.5) is 0 Å². The van der Waals surface area contributed by atoms with Crippen molar-refractivity contribution in [2.24, 2.45) is 0 Å². The van der Waals surface area contributed by atoms with Crippen LogP contribution in [0.15, 0.2) is 23.6 Å². The number of aromatic nitrogens is 1. The second kappa shape index (κ2) is 6.45. The molecule has 114 valence electrons. The highest BCUT2D eigenvalue weighted by Gasteiger charge is 2.17. The molecule has 0 aliphatic carbocycles. The fourth-order valence-electron chi connectivity index (χ4n) is 1.79. The molecular formula is C16H21NO3S. The molecule has 2 rings (SSSR count). The second-order valence-electron chi connectivity index (χ2n) is 5.81. The number of methoxy groups -OCH3 is 1. The molecule has 1 aromatic heterocycles. The first-order chi connectivity index (χ1) is 9.94. The third kappa shape index (κ3) is 3.95. The first-order valence-electron chi connectivity index (χ1n) is 6.79. The van der Waals surface area contributed by atoms with Crippen LogP contribution in [0.2, 0.25) is 0 Å². The maximum atomic E-state index is 9.13. The molecule has 5 heteroatoms. The highest BCUT2D eigenvalue weighted by Crippen LogP contribution is 2.30. The minimum Gasteiger partial charge on any atom is -0.493 e. The van der Waals surface area contributed by atoms with Gasteiger partial charge < -0.3 is 14.6 Å². The van der Waals surface area contributed by atoms with E-state index in [1.807, 2.05) is 12.1 Å². The summed E-state index contributed by atoms with van der Waals surface area (Å²) in [7, 11) is 1.59. The van der Waals surface area contributed by atoms with Gasteiger partial charge >= 0.3 is 0 Å². The van der Waals surface area contributed by atoms with Gasteiger partial charge in [-0.25, -0.2) is 4.98 Å². The van der Waals surface area contributed by atoms with Gasteiger partial charge in [-0.05, 0) is 17.7 Å². The van der Waals surface area contributed by atoms with E-state index in [9.17, 15) is 0 Å². The van der Waals surface area contributed by atoms with E-state index in [-0.39, 0.29) is 12.0 Å². The normalized spacial score (nSPS) is 11.5. The van der Waals surface area contributed by atoms with Crippen molar-refractivity contribution in [2.75, 3.05) is 7.11 Å². The zero-order valence-electron chi connectivity index (χ0n) is 12.8. The lowest BCUT2D eigenvalue weighted by atomic mass is 9.93. The summed E-state index contributed by atoms with van der Waals surface area (Å²) in [6, 6.07) is 5.40. The third-order valence-corrected chi connectivity index (χ3v) is 3.90. The average molecular weight is 307 g/mol. The SMILES string of the molecule is COc1cc(CO)ccc1OCc1nc(C(C)(C)C)cs1. The molecule has 0 amide bonds. The Morgan fingerprint density at radius 3 is 2.57 bits per heavy atom. The van der Waals surface area contributed by atoms with Crippen molar-refractivity contribution in [3.8, 4) is 11.5 Å². The molecular weight excluding hydrogens is 286 g/mol. The summed E-state index contributed by atoms with van der Waals surface area (Å²) in [4.78, 5) is 4.60. The Morgan fingerprint density at radius 1 is 1.24 bits per heavy atom. The molecule has 0 unspecified atom stereocenters. The van der Waals surface area contributed by atoms with Gasteiger partial charge in [0.05, 0.1) is 19.4 Å². The fraction of sp³-hybridized carbons (Fsp3) is 0.438. The molecule has 4 nitrogen and oxygen atoms in total. The largest absolute Gasteiger partial charge is 0.493 e. The highest BCUT2D eigenvalue weighted by atomic mass is 32.1. The first kappa shape index (κ1) is 15.8. The number of hydrogen-bond donors (Lipinski definition) is 1. The van der Waals surface area contributed by atoms with Crippen molar-refractivity contribution in [3.63, 3.8) is 0 Å².